The SMILES string of the molecule is c1ccc(-c2ccc(C3(Cn4cncn4)OCCO3)cc2)cc1. The Labute approximate surface area is 134 Å². The smallest absolute Gasteiger partial charge is 0.215 e. The molecule has 0 unspecified atom stereocenters. The monoisotopic (exact) mass is 307 g/mol. The van der Waals surface area contributed by atoms with Crippen molar-refractivity contribution in [2.24, 2.45) is 0 Å². The van der Waals surface area contributed by atoms with Gasteiger partial charge in [-0.15, -0.1) is 0 Å². The zero-order chi connectivity index (χ0) is 15.5. The maximum atomic E-state index is 5.93. The number of rotatable bonds is 4. The fraction of sp³-hybridized carbons (Fsp3) is 0.222. The van der Waals surface area contributed by atoms with Crippen molar-refractivity contribution >= 4 is 0 Å². The van der Waals surface area contributed by atoms with Gasteiger partial charge in [-0.3, -0.25) is 0 Å². The van der Waals surface area contributed by atoms with Crippen molar-refractivity contribution in [3.05, 3.63) is 72.8 Å². The summed E-state index contributed by atoms with van der Waals surface area (Å²) in [7, 11) is 0. The van der Waals surface area contributed by atoms with Crippen molar-refractivity contribution < 1.29 is 9.47 Å². The van der Waals surface area contributed by atoms with E-state index in [1.165, 1.54) is 17.5 Å². The minimum absolute atomic E-state index is 0.484. The lowest BCUT2D eigenvalue weighted by atomic mass is 10.00. The predicted octanol–water partition coefficient (Wildman–Crippen LogP) is 2.84. The summed E-state index contributed by atoms with van der Waals surface area (Å²) in [5.41, 5.74) is 3.35. The molecule has 0 atom stereocenters. The van der Waals surface area contributed by atoms with Gasteiger partial charge in [0.15, 0.2) is 0 Å². The molecular weight excluding hydrogens is 290 g/mol. The second kappa shape index (κ2) is 5.95. The van der Waals surface area contributed by atoms with Crippen LogP contribution in [0.25, 0.3) is 11.1 Å². The van der Waals surface area contributed by atoms with Crippen LogP contribution in [-0.4, -0.2) is 28.0 Å². The Morgan fingerprint density at radius 1 is 0.913 bits per heavy atom. The number of benzene rings is 2. The largest absolute Gasteiger partial charge is 0.342 e. The zero-order valence-corrected chi connectivity index (χ0v) is 12.6. The van der Waals surface area contributed by atoms with E-state index in [2.05, 4.69) is 46.5 Å². The highest BCUT2D eigenvalue weighted by Gasteiger charge is 2.39. The van der Waals surface area contributed by atoms with Crippen LogP contribution in [0.1, 0.15) is 5.56 Å². The lowest BCUT2D eigenvalue weighted by molar-refractivity contribution is -0.177. The molecule has 1 aromatic heterocycles. The molecule has 0 bridgehead atoms. The van der Waals surface area contributed by atoms with E-state index in [9.17, 15) is 0 Å². The lowest BCUT2D eigenvalue weighted by Gasteiger charge is -2.27. The first kappa shape index (κ1) is 14.1. The molecule has 1 aliphatic heterocycles. The highest BCUT2D eigenvalue weighted by molar-refractivity contribution is 5.63. The summed E-state index contributed by atoms with van der Waals surface area (Å²) in [6, 6.07) is 18.6. The molecule has 0 saturated carbocycles. The molecule has 0 N–H and O–H groups in total. The number of hydrogen-bond donors (Lipinski definition) is 0. The highest BCUT2D eigenvalue weighted by Crippen LogP contribution is 2.34. The Kier molecular flexibility index (Phi) is 3.65. The number of nitrogens with zero attached hydrogens (tertiary/aromatic N) is 3. The van der Waals surface area contributed by atoms with Crippen molar-refractivity contribution in [1.82, 2.24) is 14.8 Å². The minimum Gasteiger partial charge on any atom is -0.342 e. The molecule has 1 fully saturated rings. The van der Waals surface area contributed by atoms with Crippen LogP contribution < -0.4 is 0 Å². The van der Waals surface area contributed by atoms with E-state index in [1.54, 1.807) is 11.0 Å². The predicted molar refractivity (Wildman–Crippen MR) is 85.5 cm³/mol. The summed E-state index contributed by atoms with van der Waals surface area (Å²) >= 11 is 0. The van der Waals surface area contributed by atoms with Gasteiger partial charge in [-0.2, -0.15) is 5.10 Å². The van der Waals surface area contributed by atoms with Crippen LogP contribution >= 0.6 is 0 Å². The zero-order valence-electron chi connectivity index (χ0n) is 12.6. The normalized spacial score (nSPS) is 16.5. The van der Waals surface area contributed by atoms with Gasteiger partial charge >= 0.3 is 0 Å². The Bertz CT molecular complexity index is 749. The summed E-state index contributed by atoms with van der Waals surface area (Å²) in [4.78, 5) is 3.98. The van der Waals surface area contributed by atoms with Crippen molar-refractivity contribution in [2.75, 3.05) is 13.2 Å². The van der Waals surface area contributed by atoms with E-state index < -0.39 is 5.79 Å². The molecule has 3 aromatic rings. The number of ether oxygens (including phenoxy) is 2. The highest BCUT2D eigenvalue weighted by atomic mass is 16.7. The molecule has 1 aliphatic rings. The van der Waals surface area contributed by atoms with E-state index in [1.807, 2.05) is 18.2 Å². The minimum atomic E-state index is -0.789. The summed E-state index contributed by atoms with van der Waals surface area (Å²) in [5, 5.41) is 4.16. The van der Waals surface area contributed by atoms with Gasteiger partial charge in [0.2, 0.25) is 5.79 Å². The second-order valence-electron chi connectivity index (χ2n) is 5.49. The van der Waals surface area contributed by atoms with Crippen molar-refractivity contribution in [2.45, 2.75) is 12.3 Å². The fourth-order valence-corrected chi connectivity index (χ4v) is 2.88. The van der Waals surface area contributed by atoms with Gasteiger partial charge in [0, 0.05) is 5.56 Å². The molecule has 5 nitrogen and oxygen atoms in total. The molecule has 0 spiro atoms. The van der Waals surface area contributed by atoms with E-state index >= 15 is 0 Å². The number of aromatic nitrogens is 3. The van der Waals surface area contributed by atoms with Crippen LogP contribution in [-0.2, 0) is 21.8 Å². The molecule has 0 amide bonds. The van der Waals surface area contributed by atoms with Crippen molar-refractivity contribution in [3.8, 4) is 11.1 Å². The van der Waals surface area contributed by atoms with Gasteiger partial charge in [-0.1, -0.05) is 54.6 Å². The van der Waals surface area contributed by atoms with Gasteiger partial charge in [-0.05, 0) is 11.1 Å². The summed E-state index contributed by atoms with van der Waals surface area (Å²) in [6.45, 7) is 1.64. The Morgan fingerprint density at radius 2 is 1.61 bits per heavy atom. The summed E-state index contributed by atoms with van der Waals surface area (Å²) in [6.07, 6.45) is 3.19. The first-order chi connectivity index (χ1) is 11.4. The van der Waals surface area contributed by atoms with Gasteiger partial charge < -0.3 is 9.47 Å². The van der Waals surface area contributed by atoms with Crippen LogP contribution in [0.15, 0.2) is 67.3 Å². The van der Waals surface area contributed by atoms with E-state index in [0.717, 1.165) is 5.56 Å². The standard InChI is InChI=1S/C18H17N3O2/c1-2-4-15(5-3-1)16-6-8-17(9-7-16)18(22-10-11-23-18)12-21-14-19-13-20-21/h1-9,13-14H,10-12H2. The maximum Gasteiger partial charge on any atom is 0.215 e. The molecule has 0 aliphatic carbocycles. The van der Waals surface area contributed by atoms with E-state index in [-0.39, 0.29) is 0 Å². The Balaban J connectivity index is 1.65. The first-order valence-electron chi connectivity index (χ1n) is 7.62. The van der Waals surface area contributed by atoms with Crippen LogP contribution in [0.5, 0.6) is 0 Å². The van der Waals surface area contributed by atoms with Crippen LogP contribution in [0, 0.1) is 0 Å². The quantitative estimate of drug-likeness (QED) is 0.743. The summed E-state index contributed by atoms with van der Waals surface area (Å²) < 4.78 is 13.6. The second-order valence-corrected chi connectivity index (χ2v) is 5.49. The van der Waals surface area contributed by atoms with Crippen LogP contribution in [0.4, 0.5) is 0 Å². The third-order valence-corrected chi connectivity index (χ3v) is 4.02. The van der Waals surface area contributed by atoms with E-state index in [4.69, 9.17) is 9.47 Å². The molecule has 5 heteroatoms. The fourth-order valence-electron chi connectivity index (χ4n) is 2.88. The molecule has 1 saturated heterocycles. The molecule has 2 heterocycles. The van der Waals surface area contributed by atoms with Crippen molar-refractivity contribution in [3.63, 3.8) is 0 Å². The molecule has 116 valence electrons. The van der Waals surface area contributed by atoms with E-state index in [0.29, 0.717) is 19.8 Å². The average molecular weight is 307 g/mol. The van der Waals surface area contributed by atoms with Gasteiger partial charge in [0.05, 0.1) is 13.2 Å². The van der Waals surface area contributed by atoms with Gasteiger partial charge in [0.25, 0.3) is 0 Å². The lowest BCUT2D eigenvalue weighted by Crippen LogP contribution is -2.33. The average Bonchev–Trinajstić information content (AvgIpc) is 3.29. The third-order valence-electron chi connectivity index (χ3n) is 4.02. The van der Waals surface area contributed by atoms with Crippen molar-refractivity contribution in [1.29, 1.82) is 0 Å². The molecule has 0 radical (unpaired) electrons. The van der Waals surface area contributed by atoms with Crippen LogP contribution in [0.3, 0.4) is 0 Å². The molecule has 4 rings (SSSR count). The Hall–Kier alpha value is -2.50. The third kappa shape index (κ3) is 2.76. The topological polar surface area (TPSA) is 49.2 Å². The first-order valence-corrected chi connectivity index (χ1v) is 7.62. The van der Waals surface area contributed by atoms with Crippen LogP contribution in [0.2, 0.25) is 0 Å². The van der Waals surface area contributed by atoms with Gasteiger partial charge in [-0.25, -0.2) is 9.67 Å². The summed E-state index contributed by atoms with van der Waals surface area (Å²) in [5.74, 6) is -0.789. The number of hydrogen-bond acceptors (Lipinski definition) is 4. The van der Waals surface area contributed by atoms with Gasteiger partial charge in [0.1, 0.15) is 19.2 Å². The maximum absolute atomic E-state index is 5.93. The Morgan fingerprint density at radius 3 is 2.26 bits per heavy atom. The molecule has 2 aromatic carbocycles. The molecular formula is C18H17N3O2. The molecule has 23 heavy (non-hydrogen) atoms.